The fourth-order valence-corrected chi connectivity index (χ4v) is 4.72. The second-order valence-corrected chi connectivity index (χ2v) is 8.67. The van der Waals surface area contributed by atoms with E-state index in [9.17, 15) is 19.2 Å². The fraction of sp³-hybridized carbons (Fsp3) is 0.133. The number of aldehydes is 2. The van der Waals surface area contributed by atoms with Gasteiger partial charge in [0.1, 0.15) is 12.6 Å². The molecule has 0 aliphatic carbocycles. The lowest BCUT2D eigenvalue weighted by molar-refractivity contribution is 0.0608. The average molecular weight is 462 g/mol. The number of amides is 2. The summed E-state index contributed by atoms with van der Waals surface area (Å²) in [5.41, 5.74) is 5.61. The van der Waals surface area contributed by atoms with E-state index in [4.69, 9.17) is 0 Å². The molecule has 0 atom stereocenters. The molecule has 0 spiro atoms. The van der Waals surface area contributed by atoms with Crippen LogP contribution < -0.4 is 0 Å². The molecule has 5 nitrogen and oxygen atoms in total. The van der Waals surface area contributed by atoms with Gasteiger partial charge in [-0.3, -0.25) is 24.1 Å². The highest BCUT2D eigenvalue weighted by Crippen LogP contribution is 2.42. The van der Waals surface area contributed by atoms with Crippen molar-refractivity contribution in [3.05, 3.63) is 95.1 Å². The monoisotopic (exact) mass is 461 g/mol. The number of imide groups is 1. The van der Waals surface area contributed by atoms with E-state index in [1.807, 2.05) is 43.3 Å². The first-order chi connectivity index (χ1) is 17.1. The summed E-state index contributed by atoms with van der Waals surface area (Å²) >= 11 is 0. The summed E-state index contributed by atoms with van der Waals surface area (Å²) in [4.78, 5) is 50.5. The molecular formula is C30H23NO4. The number of benzene rings is 4. The maximum Gasteiger partial charge on any atom is 0.261 e. The first-order valence-corrected chi connectivity index (χ1v) is 11.6. The van der Waals surface area contributed by atoms with Crippen molar-refractivity contribution in [3.8, 4) is 22.3 Å². The van der Waals surface area contributed by atoms with Crippen molar-refractivity contribution >= 4 is 35.2 Å². The summed E-state index contributed by atoms with van der Waals surface area (Å²) in [7, 11) is 0. The molecule has 1 heterocycles. The molecule has 35 heavy (non-hydrogen) atoms. The van der Waals surface area contributed by atoms with Gasteiger partial charge in [-0.25, -0.2) is 0 Å². The number of rotatable bonds is 7. The maximum absolute atomic E-state index is 13.4. The van der Waals surface area contributed by atoms with Crippen molar-refractivity contribution in [2.45, 2.75) is 19.8 Å². The molecule has 4 aromatic rings. The predicted octanol–water partition coefficient (Wildman–Crippen LogP) is 6.19. The Morgan fingerprint density at radius 3 is 1.40 bits per heavy atom. The molecule has 5 rings (SSSR count). The van der Waals surface area contributed by atoms with Gasteiger partial charge >= 0.3 is 0 Å². The maximum atomic E-state index is 13.4. The van der Waals surface area contributed by atoms with Crippen molar-refractivity contribution in [1.82, 2.24) is 4.90 Å². The van der Waals surface area contributed by atoms with Crippen LogP contribution in [0.2, 0.25) is 0 Å². The van der Waals surface area contributed by atoms with E-state index < -0.39 is 0 Å². The smallest absolute Gasteiger partial charge is 0.261 e. The predicted molar refractivity (Wildman–Crippen MR) is 136 cm³/mol. The third-order valence-corrected chi connectivity index (χ3v) is 6.56. The van der Waals surface area contributed by atoms with Crippen LogP contribution in [-0.2, 0) is 0 Å². The van der Waals surface area contributed by atoms with Crippen LogP contribution in [0.5, 0.6) is 0 Å². The van der Waals surface area contributed by atoms with Crippen molar-refractivity contribution in [2.75, 3.05) is 6.54 Å². The molecule has 2 amide bonds. The Kier molecular flexibility index (Phi) is 5.83. The van der Waals surface area contributed by atoms with Crippen LogP contribution in [0.25, 0.3) is 33.0 Å². The molecule has 0 unspecified atom stereocenters. The van der Waals surface area contributed by atoms with Gasteiger partial charge in [-0.15, -0.1) is 0 Å². The van der Waals surface area contributed by atoms with E-state index in [1.165, 1.54) is 4.90 Å². The summed E-state index contributed by atoms with van der Waals surface area (Å²) in [6.45, 7) is 2.41. The SMILES string of the molecule is CCCCN1C(=O)c2ccc(-c3ccc(C=O)cc3)c3c(-c4ccc(C=O)cc4)ccc(c23)C1=O. The highest BCUT2D eigenvalue weighted by Gasteiger charge is 2.34. The first-order valence-electron chi connectivity index (χ1n) is 11.6. The molecule has 0 aromatic heterocycles. The number of carbonyl (C=O) groups excluding carboxylic acids is 4. The third kappa shape index (κ3) is 3.75. The highest BCUT2D eigenvalue weighted by atomic mass is 16.2. The molecule has 172 valence electrons. The molecule has 0 N–H and O–H groups in total. The molecule has 0 fully saturated rings. The Morgan fingerprint density at radius 1 is 0.600 bits per heavy atom. The van der Waals surface area contributed by atoms with Gasteiger partial charge in [-0.05, 0) is 46.2 Å². The Morgan fingerprint density at radius 2 is 1.00 bits per heavy atom. The van der Waals surface area contributed by atoms with Gasteiger partial charge in [-0.1, -0.05) is 74.0 Å². The standard InChI is InChI=1S/C30H23NO4/c1-2-3-16-31-29(34)25-14-12-23(21-8-4-19(17-32)5-9-21)27-24(13-15-26(28(25)27)30(31)35)22-10-6-20(18-33)7-11-22/h4-15,17-18H,2-3,16H2,1H3. The molecule has 0 saturated carbocycles. The zero-order chi connectivity index (χ0) is 24.5. The average Bonchev–Trinajstić information content (AvgIpc) is 2.91. The largest absolute Gasteiger partial charge is 0.298 e. The molecule has 5 heteroatoms. The molecule has 0 radical (unpaired) electrons. The lowest BCUT2D eigenvalue weighted by Gasteiger charge is -2.28. The Bertz CT molecular complexity index is 1380. The van der Waals surface area contributed by atoms with Crippen LogP contribution in [0.15, 0.2) is 72.8 Å². The van der Waals surface area contributed by atoms with Gasteiger partial charge in [-0.2, -0.15) is 0 Å². The van der Waals surface area contributed by atoms with Crippen LogP contribution in [0.4, 0.5) is 0 Å². The summed E-state index contributed by atoms with van der Waals surface area (Å²) in [6, 6.07) is 21.9. The van der Waals surface area contributed by atoms with Gasteiger partial charge in [0.2, 0.25) is 0 Å². The van der Waals surface area contributed by atoms with Crippen LogP contribution in [0.3, 0.4) is 0 Å². The van der Waals surface area contributed by atoms with Crippen LogP contribution in [0, 0.1) is 0 Å². The molecule has 1 aliphatic heterocycles. The molecular weight excluding hydrogens is 438 g/mol. The van der Waals surface area contributed by atoms with Gasteiger partial charge in [0, 0.05) is 34.2 Å². The number of hydrogen-bond acceptors (Lipinski definition) is 4. The first kappa shape index (κ1) is 22.4. The lowest BCUT2D eigenvalue weighted by atomic mass is 9.84. The van der Waals surface area contributed by atoms with Crippen molar-refractivity contribution in [2.24, 2.45) is 0 Å². The quantitative estimate of drug-likeness (QED) is 0.243. The van der Waals surface area contributed by atoms with Crippen LogP contribution >= 0.6 is 0 Å². The van der Waals surface area contributed by atoms with E-state index in [0.717, 1.165) is 53.1 Å². The summed E-state index contributed by atoms with van der Waals surface area (Å²) in [5, 5.41) is 1.44. The van der Waals surface area contributed by atoms with E-state index >= 15 is 0 Å². The summed E-state index contributed by atoms with van der Waals surface area (Å²) in [5.74, 6) is -0.561. The number of carbonyl (C=O) groups is 4. The normalized spacial score (nSPS) is 12.8. The minimum absolute atomic E-state index is 0.280. The third-order valence-electron chi connectivity index (χ3n) is 6.56. The Balaban J connectivity index is 1.81. The number of hydrogen-bond donors (Lipinski definition) is 0. The van der Waals surface area contributed by atoms with Crippen molar-refractivity contribution in [1.29, 1.82) is 0 Å². The van der Waals surface area contributed by atoms with E-state index in [0.29, 0.717) is 34.2 Å². The molecule has 1 aliphatic rings. The zero-order valence-corrected chi connectivity index (χ0v) is 19.3. The van der Waals surface area contributed by atoms with Crippen molar-refractivity contribution in [3.63, 3.8) is 0 Å². The van der Waals surface area contributed by atoms with E-state index in [2.05, 4.69) is 0 Å². The van der Waals surface area contributed by atoms with Crippen LogP contribution in [0.1, 0.15) is 61.2 Å². The Labute approximate surface area is 203 Å². The van der Waals surface area contributed by atoms with Crippen molar-refractivity contribution < 1.29 is 19.2 Å². The van der Waals surface area contributed by atoms with Gasteiger partial charge in [0.05, 0.1) is 0 Å². The van der Waals surface area contributed by atoms with Gasteiger partial charge in [0.15, 0.2) is 0 Å². The second-order valence-electron chi connectivity index (χ2n) is 8.67. The highest BCUT2D eigenvalue weighted by molar-refractivity contribution is 6.28. The fourth-order valence-electron chi connectivity index (χ4n) is 4.72. The summed E-state index contributed by atoms with van der Waals surface area (Å²) < 4.78 is 0. The Hall–Kier alpha value is -4.38. The van der Waals surface area contributed by atoms with E-state index in [1.54, 1.807) is 36.4 Å². The molecule has 0 bridgehead atoms. The van der Waals surface area contributed by atoms with Crippen LogP contribution in [-0.4, -0.2) is 35.8 Å². The minimum atomic E-state index is -0.280. The lowest BCUT2D eigenvalue weighted by Crippen LogP contribution is -2.40. The molecule has 0 saturated heterocycles. The van der Waals surface area contributed by atoms with E-state index in [-0.39, 0.29) is 11.8 Å². The number of unbranched alkanes of at least 4 members (excludes halogenated alkanes) is 1. The summed E-state index contributed by atoms with van der Waals surface area (Å²) in [6.07, 6.45) is 3.22. The number of nitrogens with zero attached hydrogens (tertiary/aromatic N) is 1. The second kappa shape index (κ2) is 9.11. The zero-order valence-electron chi connectivity index (χ0n) is 19.3. The topological polar surface area (TPSA) is 71.5 Å². The minimum Gasteiger partial charge on any atom is -0.298 e. The van der Waals surface area contributed by atoms with Gasteiger partial charge in [0.25, 0.3) is 11.8 Å². The molecule has 4 aromatic carbocycles. The van der Waals surface area contributed by atoms with Gasteiger partial charge < -0.3 is 0 Å².